The van der Waals surface area contributed by atoms with E-state index in [-0.39, 0.29) is 35.2 Å². The number of nitro benzene ring substituents is 1. The van der Waals surface area contributed by atoms with Gasteiger partial charge in [-0.1, -0.05) is 23.9 Å². The van der Waals surface area contributed by atoms with Crippen LogP contribution in [0.25, 0.3) is 0 Å². The van der Waals surface area contributed by atoms with Crippen LogP contribution in [0.5, 0.6) is 11.5 Å². The summed E-state index contributed by atoms with van der Waals surface area (Å²) in [6.07, 6.45) is 0. The molecule has 0 radical (unpaired) electrons. The van der Waals surface area contributed by atoms with Crippen molar-refractivity contribution in [1.82, 2.24) is 20.1 Å². The average molecular weight is 471 g/mol. The summed E-state index contributed by atoms with van der Waals surface area (Å²) in [7, 11) is 4.72. The van der Waals surface area contributed by atoms with Crippen molar-refractivity contribution in [2.24, 2.45) is 7.05 Å². The van der Waals surface area contributed by atoms with Gasteiger partial charge in [-0.15, -0.1) is 10.2 Å². The van der Waals surface area contributed by atoms with Gasteiger partial charge in [-0.3, -0.25) is 19.7 Å². The third kappa shape index (κ3) is 5.66. The van der Waals surface area contributed by atoms with Crippen LogP contribution in [0, 0.1) is 10.1 Å². The fourth-order valence-electron chi connectivity index (χ4n) is 2.87. The number of methoxy groups -OCH3 is 2. The van der Waals surface area contributed by atoms with E-state index in [9.17, 15) is 19.7 Å². The fraction of sp³-hybridized carbons (Fsp3) is 0.238. The molecule has 3 aromatic rings. The third-order valence-electron chi connectivity index (χ3n) is 4.69. The Labute approximate surface area is 193 Å². The molecule has 11 nitrogen and oxygen atoms in total. The van der Waals surface area contributed by atoms with Crippen molar-refractivity contribution < 1.29 is 24.0 Å². The number of benzene rings is 2. The van der Waals surface area contributed by atoms with Crippen LogP contribution in [-0.4, -0.2) is 51.4 Å². The van der Waals surface area contributed by atoms with E-state index in [1.54, 1.807) is 29.8 Å². The number of hydrogen-bond acceptors (Lipinski definition) is 9. The number of rotatable bonds is 10. The number of Topliss-reactive ketones (excluding diaryl/α,β-unsaturated/α-hetero) is 1. The van der Waals surface area contributed by atoms with Crippen LogP contribution >= 0.6 is 11.8 Å². The van der Waals surface area contributed by atoms with E-state index < -0.39 is 4.92 Å². The maximum atomic E-state index is 12.5. The molecule has 0 atom stereocenters. The molecule has 0 spiro atoms. The van der Waals surface area contributed by atoms with Gasteiger partial charge in [-0.25, -0.2) is 0 Å². The molecule has 1 heterocycles. The second-order valence-electron chi connectivity index (χ2n) is 6.73. The van der Waals surface area contributed by atoms with Gasteiger partial charge in [-0.2, -0.15) is 0 Å². The summed E-state index contributed by atoms with van der Waals surface area (Å²) in [5.41, 5.74) is 0.505. The van der Waals surface area contributed by atoms with Gasteiger partial charge in [0.05, 0.1) is 31.4 Å². The highest BCUT2D eigenvalue weighted by Gasteiger charge is 2.16. The minimum Gasteiger partial charge on any atom is -0.493 e. The summed E-state index contributed by atoms with van der Waals surface area (Å²) in [6.45, 7) is 0.121. The van der Waals surface area contributed by atoms with Crippen molar-refractivity contribution in [1.29, 1.82) is 0 Å². The van der Waals surface area contributed by atoms with E-state index in [0.717, 1.165) is 11.8 Å². The molecule has 12 heteroatoms. The van der Waals surface area contributed by atoms with Crippen molar-refractivity contribution in [2.75, 3.05) is 20.0 Å². The lowest BCUT2D eigenvalue weighted by Crippen LogP contribution is -2.24. The molecule has 1 aromatic heterocycles. The SMILES string of the molecule is COc1ccc(C(=O)NCc2nnc(SCC(=O)c3cccc([N+](=O)[O-])c3)n2C)cc1OC. The van der Waals surface area contributed by atoms with Gasteiger partial charge >= 0.3 is 0 Å². The lowest BCUT2D eigenvalue weighted by molar-refractivity contribution is -0.384. The van der Waals surface area contributed by atoms with Crippen molar-refractivity contribution in [2.45, 2.75) is 11.7 Å². The van der Waals surface area contributed by atoms with Crippen molar-refractivity contribution in [3.05, 3.63) is 69.5 Å². The van der Waals surface area contributed by atoms with E-state index in [1.165, 1.54) is 38.5 Å². The molecule has 0 bridgehead atoms. The van der Waals surface area contributed by atoms with E-state index in [2.05, 4.69) is 15.5 Å². The highest BCUT2D eigenvalue weighted by atomic mass is 32.2. The number of ether oxygens (including phenoxy) is 2. The molecule has 1 N–H and O–H groups in total. The maximum Gasteiger partial charge on any atom is 0.270 e. The smallest absolute Gasteiger partial charge is 0.270 e. The number of nitrogens with zero attached hydrogens (tertiary/aromatic N) is 4. The van der Waals surface area contributed by atoms with E-state index in [1.807, 2.05) is 0 Å². The second kappa shape index (κ2) is 10.6. The molecular formula is C21H21N5O6S. The van der Waals surface area contributed by atoms with Crippen LogP contribution in [-0.2, 0) is 13.6 Å². The van der Waals surface area contributed by atoms with Crippen molar-refractivity contribution >= 4 is 29.1 Å². The Hall–Kier alpha value is -3.93. The first-order valence-corrected chi connectivity index (χ1v) is 10.6. The number of nitro groups is 1. The van der Waals surface area contributed by atoms with Gasteiger partial charge in [0.15, 0.2) is 28.3 Å². The first-order chi connectivity index (χ1) is 15.8. The summed E-state index contributed by atoms with van der Waals surface area (Å²) in [5.74, 6) is 0.892. The lowest BCUT2D eigenvalue weighted by Gasteiger charge is -2.10. The summed E-state index contributed by atoms with van der Waals surface area (Å²) in [5, 5.41) is 22.3. The Morgan fingerprint density at radius 1 is 1.09 bits per heavy atom. The van der Waals surface area contributed by atoms with Gasteiger partial charge in [0.2, 0.25) is 0 Å². The molecule has 33 heavy (non-hydrogen) atoms. The number of amides is 1. The van der Waals surface area contributed by atoms with Crippen LogP contribution in [0.15, 0.2) is 47.6 Å². The normalized spacial score (nSPS) is 10.5. The summed E-state index contributed by atoms with van der Waals surface area (Å²) >= 11 is 1.15. The van der Waals surface area contributed by atoms with Crippen LogP contribution in [0.3, 0.4) is 0 Å². The minimum absolute atomic E-state index is 0.0329. The first kappa shape index (κ1) is 23.7. The number of ketones is 1. The average Bonchev–Trinajstić information content (AvgIpc) is 3.19. The van der Waals surface area contributed by atoms with Gasteiger partial charge in [0.1, 0.15) is 0 Å². The van der Waals surface area contributed by atoms with Crippen LogP contribution in [0.4, 0.5) is 5.69 Å². The molecule has 0 saturated heterocycles. The topological polar surface area (TPSA) is 138 Å². The Bertz CT molecular complexity index is 1200. The van der Waals surface area contributed by atoms with E-state index in [4.69, 9.17) is 9.47 Å². The quantitative estimate of drug-likeness (QED) is 0.205. The van der Waals surface area contributed by atoms with Gasteiger partial charge < -0.3 is 19.4 Å². The van der Waals surface area contributed by atoms with E-state index >= 15 is 0 Å². The Morgan fingerprint density at radius 3 is 2.55 bits per heavy atom. The zero-order valence-electron chi connectivity index (χ0n) is 18.1. The number of non-ortho nitro benzene ring substituents is 1. The number of carbonyl (C=O) groups excluding carboxylic acids is 2. The zero-order chi connectivity index (χ0) is 24.0. The van der Waals surface area contributed by atoms with Gasteiger partial charge in [-0.05, 0) is 18.2 Å². The minimum atomic E-state index is -0.546. The van der Waals surface area contributed by atoms with Gasteiger partial charge in [0, 0.05) is 30.3 Å². The third-order valence-corrected chi connectivity index (χ3v) is 5.71. The monoisotopic (exact) mass is 471 g/mol. The molecule has 0 aliphatic rings. The predicted octanol–water partition coefficient (Wildman–Crippen LogP) is 2.65. The Kier molecular flexibility index (Phi) is 7.61. The fourth-order valence-corrected chi connectivity index (χ4v) is 3.69. The largest absolute Gasteiger partial charge is 0.493 e. The molecule has 0 saturated carbocycles. The molecule has 3 rings (SSSR count). The van der Waals surface area contributed by atoms with Crippen LogP contribution in [0.1, 0.15) is 26.5 Å². The molecule has 0 aliphatic carbocycles. The zero-order valence-corrected chi connectivity index (χ0v) is 18.9. The Balaban J connectivity index is 1.59. The number of thioether (sulfide) groups is 1. The Morgan fingerprint density at radius 2 is 1.85 bits per heavy atom. The lowest BCUT2D eigenvalue weighted by atomic mass is 10.1. The number of hydrogen-bond donors (Lipinski definition) is 1. The van der Waals surface area contributed by atoms with Crippen LogP contribution < -0.4 is 14.8 Å². The summed E-state index contributed by atoms with van der Waals surface area (Å²) in [4.78, 5) is 35.2. The first-order valence-electron chi connectivity index (χ1n) is 9.63. The van der Waals surface area contributed by atoms with Crippen LogP contribution in [0.2, 0.25) is 0 Å². The summed E-state index contributed by atoms with van der Waals surface area (Å²) < 4.78 is 12.0. The molecule has 2 aromatic carbocycles. The molecule has 0 fully saturated rings. The number of carbonyl (C=O) groups is 2. The predicted molar refractivity (Wildman–Crippen MR) is 120 cm³/mol. The highest BCUT2D eigenvalue weighted by Crippen LogP contribution is 2.27. The molecule has 1 amide bonds. The highest BCUT2D eigenvalue weighted by molar-refractivity contribution is 7.99. The standard InChI is InChI=1S/C21H21N5O6S/c1-25-19(11-22-20(28)14-7-8-17(31-2)18(10-14)32-3)23-24-21(25)33-12-16(27)13-5-4-6-15(9-13)26(29)30/h4-10H,11-12H2,1-3H3,(H,22,28). The van der Waals surface area contributed by atoms with Crippen molar-refractivity contribution in [3.8, 4) is 11.5 Å². The van der Waals surface area contributed by atoms with Gasteiger partial charge in [0.25, 0.3) is 11.6 Å². The number of aromatic nitrogens is 3. The van der Waals surface area contributed by atoms with E-state index in [0.29, 0.717) is 28.0 Å². The molecule has 0 aliphatic heterocycles. The number of nitrogens with one attached hydrogen (secondary N) is 1. The molecule has 172 valence electrons. The summed E-state index contributed by atoms with van der Waals surface area (Å²) in [6, 6.07) is 10.4. The van der Waals surface area contributed by atoms with Crippen molar-refractivity contribution in [3.63, 3.8) is 0 Å². The second-order valence-corrected chi connectivity index (χ2v) is 7.67. The molecule has 0 unspecified atom stereocenters. The molecular weight excluding hydrogens is 450 g/mol. The maximum absolute atomic E-state index is 12.5.